The molecule has 0 aliphatic rings. The molecule has 0 radical (unpaired) electrons. The molecule has 0 spiro atoms. The quantitative estimate of drug-likeness (QED) is 0.149. The summed E-state index contributed by atoms with van der Waals surface area (Å²) in [5.74, 6) is 0.881. The Kier molecular flexibility index (Phi) is 10.3. The number of aromatic nitrogens is 3. The predicted octanol–water partition coefficient (Wildman–Crippen LogP) is 20.5. The average molecular weight is 1000 g/mol. The number of benzene rings is 14. The number of pyridine rings is 1. The van der Waals surface area contributed by atoms with Crippen LogP contribution in [0.3, 0.4) is 0 Å². The van der Waals surface area contributed by atoms with Gasteiger partial charge in [-0.05, 0) is 129 Å². The molecule has 0 saturated heterocycles. The van der Waals surface area contributed by atoms with Crippen LogP contribution in [0.25, 0.3) is 159 Å². The van der Waals surface area contributed by atoms with Crippen LogP contribution in [0, 0.1) is 0 Å². The van der Waals surface area contributed by atoms with Gasteiger partial charge in [0.15, 0.2) is 0 Å². The first-order valence-electron chi connectivity index (χ1n) is 27.1. The van der Waals surface area contributed by atoms with Crippen molar-refractivity contribution in [2.24, 2.45) is 0 Å². The van der Waals surface area contributed by atoms with Crippen LogP contribution in [-0.2, 0) is 0 Å². The normalized spacial score (nSPS) is 11.8. The third-order valence-electron chi connectivity index (χ3n) is 16.4. The Morgan fingerprint density at radius 3 is 1.15 bits per heavy atom. The summed E-state index contributed by atoms with van der Waals surface area (Å²) in [4.78, 5) is 11.2. The molecule has 0 aliphatic heterocycles. The minimum atomic E-state index is 0.881. The summed E-state index contributed by atoms with van der Waals surface area (Å²) >= 11 is 0. The first-order chi connectivity index (χ1) is 39.2. The van der Waals surface area contributed by atoms with Gasteiger partial charge < -0.3 is 0 Å². The Morgan fingerprint density at radius 2 is 0.620 bits per heavy atom. The number of rotatable bonds is 7. The van der Waals surface area contributed by atoms with Gasteiger partial charge in [-0.3, -0.25) is 4.57 Å². The average Bonchev–Trinajstić information content (AvgIpc) is 4.01. The van der Waals surface area contributed by atoms with Crippen LogP contribution in [0.1, 0.15) is 0 Å². The Hall–Kier alpha value is -10.5. The highest BCUT2D eigenvalue weighted by atomic mass is 15.1. The molecule has 0 saturated carbocycles. The van der Waals surface area contributed by atoms with Gasteiger partial charge in [-0.25, -0.2) is 9.97 Å². The first kappa shape index (κ1) is 44.8. The zero-order chi connectivity index (χ0) is 52.0. The van der Waals surface area contributed by atoms with Crippen LogP contribution in [0.4, 0.5) is 0 Å². The summed E-state index contributed by atoms with van der Waals surface area (Å²) < 4.78 is 2.34. The summed E-state index contributed by atoms with van der Waals surface area (Å²) in [6.07, 6.45) is 0. The van der Waals surface area contributed by atoms with E-state index in [1.54, 1.807) is 0 Å². The molecule has 16 aromatic rings. The maximum atomic E-state index is 5.74. The fourth-order valence-corrected chi connectivity index (χ4v) is 12.7. The second kappa shape index (κ2) is 18.1. The monoisotopic (exact) mass is 1000 g/mol. The molecule has 0 fully saturated rings. The van der Waals surface area contributed by atoms with E-state index < -0.39 is 0 Å². The van der Waals surface area contributed by atoms with Crippen molar-refractivity contribution in [3.63, 3.8) is 0 Å². The van der Waals surface area contributed by atoms with E-state index in [1.165, 1.54) is 75.8 Å². The fourth-order valence-electron chi connectivity index (χ4n) is 12.7. The number of imidazole rings is 1. The molecule has 2 aromatic heterocycles. The lowest BCUT2D eigenvalue weighted by Gasteiger charge is -2.18. The van der Waals surface area contributed by atoms with Gasteiger partial charge in [-0.1, -0.05) is 249 Å². The van der Waals surface area contributed by atoms with Crippen LogP contribution < -0.4 is 0 Å². The standard InChI is InChI=1S/C76H47N3/c1-4-20-49(21-5-1)73-75(50-22-6-2-7-23-50)79(76(78-73)51-24-8-3-9-25-51)54-40-36-48(37-41-54)68-47-72(53-39-43-65-60-31-13-11-27-56(60)58-29-15-17-33-62(58)70(65)45-53)77-74-66-35-19-18-34-63(66)67(46-71(68)74)52-38-42-64-59-30-12-10-26-55(59)57-28-14-16-32-61(57)69(64)44-52/h1-47H. The van der Waals surface area contributed by atoms with Crippen molar-refractivity contribution >= 4 is 86.3 Å². The van der Waals surface area contributed by atoms with Gasteiger partial charge in [0.25, 0.3) is 0 Å². The molecule has 3 heteroatoms. The number of fused-ring (bicyclic) bond motifs is 15. The van der Waals surface area contributed by atoms with Gasteiger partial charge in [0.1, 0.15) is 5.82 Å². The zero-order valence-corrected chi connectivity index (χ0v) is 43.0. The second-order valence-corrected chi connectivity index (χ2v) is 20.7. The Balaban J connectivity index is 0.951. The lowest BCUT2D eigenvalue weighted by Crippen LogP contribution is -2.00. The fraction of sp³-hybridized carbons (Fsp3) is 0. The third-order valence-corrected chi connectivity index (χ3v) is 16.4. The summed E-state index contributed by atoms with van der Waals surface area (Å²) in [6.45, 7) is 0. The molecule has 79 heavy (non-hydrogen) atoms. The van der Waals surface area contributed by atoms with E-state index in [2.05, 4.69) is 290 Å². The van der Waals surface area contributed by atoms with E-state index in [9.17, 15) is 0 Å². The minimum Gasteiger partial charge on any atom is -0.292 e. The van der Waals surface area contributed by atoms with E-state index in [1.807, 2.05) is 0 Å². The molecule has 0 aliphatic carbocycles. The van der Waals surface area contributed by atoms with Crippen molar-refractivity contribution in [2.45, 2.75) is 0 Å². The Morgan fingerprint density at radius 1 is 0.228 bits per heavy atom. The van der Waals surface area contributed by atoms with Crippen molar-refractivity contribution in [3.05, 3.63) is 285 Å². The molecular formula is C76H47N3. The summed E-state index contributed by atoms with van der Waals surface area (Å²) in [5, 5.41) is 18.4. The highest BCUT2D eigenvalue weighted by Crippen LogP contribution is 2.45. The van der Waals surface area contributed by atoms with E-state index in [4.69, 9.17) is 9.97 Å². The Labute approximate surface area is 456 Å². The largest absolute Gasteiger partial charge is 0.292 e. The third kappa shape index (κ3) is 7.21. The molecule has 0 bridgehead atoms. The molecular weight excluding hydrogens is 955 g/mol. The van der Waals surface area contributed by atoms with Gasteiger partial charge in [-0.2, -0.15) is 0 Å². The molecule has 2 heterocycles. The lowest BCUT2D eigenvalue weighted by molar-refractivity contribution is 1.07. The molecule has 16 rings (SSSR count). The number of nitrogens with zero attached hydrogens (tertiary/aromatic N) is 3. The highest BCUT2D eigenvalue weighted by molar-refractivity contribution is 6.27. The summed E-state index contributed by atoms with van der Waals surface area (Å²) in [5.41, 5.74) is 13.7. The summed E-state index contributed by atoms with van der Waals surface area (Å²) in [6, 6.07) is 104. The number of hydrogen-bond acceptors (Lipinski definition) is 2. The lowest BCUT2D eigenvalue weighted by atomic mass is 9.88. The molecule has 0 amide bonds. The van der Waals surface area contributed by atoms with Crippen molar-refractivity contribution < 1.29 is 0 Å². The smallest absolute Gasteiger partial charge is 0.145 e. The van der Waals surface area contributed by atoms with Crippen LogP contribution >= 0.6 is 0 Å². The summed E-state index contributed by atoms with van der Waals surface area (Å²) in [7, 11) is 0. The second-order valence-electron chi connectivity index (χ2n) is 20.7. The van der Waals surface area contributed by atoms with E-state index in [-0.39, 0.29) is 0 Å². The molecule has 3 nitrogen and oxygen atoms in total. The molecule has 0 N–H and O–H groups in total. The van der Waals surface area contributed by atoms with Gasteiger partial charge in [0.2, 0.25) is 0 Å². The molecule has 14 aromatic carbocycles. The van der Waals surface area contributed by atoms with Gasteiger partial charge in [0, 0.05) is 38.7 Å². The van der Waals surface area contributed by atoms with Gasteiger partial charge >= 0.3 is 0 Å². The van der Waals surface area contributed by atoms with Crippen LogP contribution in [-0.4, -0.2) is 14.5 Å². The van der Waals surface area contributed by atoms with Crippen LogP contribution in [0.15, 0.2) is 285 Å². The highest BCUT2D eigenvalue weighted by Gasteiger charge is 2.24. The minimum absolute atomic E-state index is 0.881. The zero-order valence-electron chi connectivity index (χ0n) is 43.0. The van der Waals surface area contributed by atoms with Crippen LogP contribution in [0.2, 0.25) is 0 Å². The van der Waals surface area contributed by atoms with E-state index in [0.717, 1.165) is 83.6 Å². The van der Waals surface area contributed by atoms with Crippen molar-refractivity contribution in [1.82, 2.24) is 14.5 Å². The number of hydrogen-bond donors (Lipinski definition) is 0. The maximum Gasteiger partial charge on any atom is 0.145 e. The van der Waals surface area contributed by atoms with Crippen LogP contribution in [0.5, 0.6) is 0 Å². The van der Waals surface area contributed by atoms with Gasteiger partial charge in [-0.15, -0.1) is 0 Å². The molecule has 0 unspecified atom stereocenters. The Bertz CT molecular complexity index is 5030. The topological polar surface area (TPSA) is 30.7 Å². The first-order valence-corrected chi connectivity index (χ1v) is 27.1. The molecule has 366 valence electrons. The van der Waals surface area contributed by atoms with E-state index in [0.29, 0.717) is 0 Å². The predicted molar refractivity (Wildman–Crippen MR) is 334 cm³/mol. The van der Waals surface area contributed by atoms with Crippen molar-refractivity contribution in [1.29, 1.82) is 0 Å². The van der Waals surface area contributed by atoms with Crippen molar-refractivity contribution in [3.8, 4) is 73.1 Å². The maximum absolute atomic E-state index is 5.74. The van der Waals surface area contributed by atoms with Gasteiger partial charge in [0.05, 0.1) is 22.6 Å². The van der Waals surface area contributed by atoms with Crippen molar-refractivity contribution in [2.75, 3.05) is 0 Å². The molecule has 0 atom stereocenters. The van der Waals surface area contributed by atoms with E-state index >= 15 is 0 Å². The SMILES string of the molecule is c1ccc(-c2nc(-c3ccccc3)n(-c3ccc(-c4cc(-c5ccc6c7ccccc7c7ccccc7c6c5)nc5c4cc(-c4ccc6c7ccccc7c7ccccc7c6c4)c4ccccc45)cc3)c2-c2ccccc2)cc1.